The average Bonchev–Trinajstić information content (AvgIpc) is 2.55. The van der Waals surface area contributed by atoms with Crippen molar-refractivity contribution in [2.45, 2.75) is 32.4 Å². The van der Waals surface area contributed by atoms with Crippen LogP contribution in [0, 0.1) is 0 Å². The number of hydrogen-bond acceptors (Lipinski definition) is 4. The second-order valence-electron chi connectivity index (χ2n) is 3.15. The molecule has 0 spiro atoms. The molecule has 0 aliphatic carbocycles. The van der Waals surface area contributed by atoms with Crippen LogP contribution in [0.1, 0.15) is 24.6 Å². The predicted octanol–water partition coefficient (Wildman–Crippen LogP) is 1.39. The first kappa shape index (κ1) is 10.6. The van der Waals surface area contributed by atoms with E-state index in [0.717, 1.165) is 25.9 Å². The van der Waals surface area contributed by atoms with Crippen molar-refractivity contribution in [2.24, 2.45) is 0 Å². The Morgan fingerprint density at radius 2 is 2.54 bits per heavy atom. The quantitative estimate of drug-likeness (QED) is 0.682. The van der Waals surface area contributed by atoms with Crippen LogP contribution in [0.15, 0.2) is 12.3 Å². The molecule has 1 rings (SSSR count). The van der Waals surface area contributed by atoms with E-state index in [4.69, 9.17) is 5.11 Å². The van der Waals surface area contributed by atoms with Gasteiger partial charge in [0.1, 0.15) is 0 Å². The van der Waals surface area contributed by atoms with Crippen molar-refractivity contribution in [3.8, 4) is 0 Å². The zero-order valence-corrected chi connectivity index (χ0v) is 8.68. The molecule has 1 heterocycles. The largest absolute Gasteiger partial charge is 0.393 e. The first-order valence-corrected chi connectivity index (χ1v) is 5.34. The minimum Gasteiger partial charge on any atom is -0.393 e. The summed E-state index contributed by atoms with van der Waals surface area (Å²) in [5.74, 6) is 0. The Kier molecular flexibility index (Phi) is 4.97. The summed E-state index contributed by atoms with van der Waals surface area (Å²) in [7, 11) is 0. The Labute approximate surface area is 83.0 Å². The van der Waals surface area contributed by atoms with Crippen LogP contribution >= 0.6 is 11.5 Å². The number of aliphatic hydroxyl groups is 1. The van der Waals surface area contributed by atoms with E-state index in [1.807, 2.05) is 19.2 Å². The zero-order chi connectivity index (χ0) is 9.52. The van der Waals surface area contributed by atoms with Crippen molar-refractivity contribution in [3.63, 3.8) is 0 Å². The highest BCUT2D eigenvalue weighted by Crippen LogP contribution is 2.03. The summed E-state index contributed by atoms with van der Waals surface area (Å²) in [5, 5.41) is 12.3. The van der Waals surface area contributed by atoms with E-state index in [2.05, 4.69) is 9.69 Å². The Balaban J connectivity index is 1.96. The van der Waals surface area contributed by atoms with Gasteiger partial charge >= 0.3 is 0 Å². The molecule has 4 heteroatoms. The van der Waals surface area contributed by atoms with Crippen LogP contribution in [0.2, 0.25) is 0 Å². The van der Waals surface area contributed by atoms with Crippen LogP contribution in [0.3, 0.4) is 0 Å². The molecule has 1 unspecified atom stereocenters. The number of aromatic nitrogens is 1. The lowest BCUT2D eigenvalue weighted by molar-refractivity contribution is 0.181. The predicted molar refractivity (Wildman–Crippen MR) is 54.7 cm³/mol. The molecule has 0 saturated heterocycles. The summed E-state index contributed by atoms with van der Waals surface area (Å²) >= 11 is 1.53. The van der Waals surface area contributed by atoms with Crippen LogP contribution in [0.5, 0.6) is 0 Å². The molecule has 0 amide bonds. The molecule has 1 aromatic rings. The van der Waals surface area contributed by atoms with Crippen molar-refractivity contribution in [1.82, 2.24) is 9.69 Å². The fourth-order valence-electron chi connectivity index (χ4n) is 1.07. The van der Waals surface area contributed by atoms with Crippen LogP contribution in [0.25, 0.3) is 0 Å². The Morgan fingerprint density at radius 3 is 3.15 bits per heavy atom. The van der Waals surface area contributed by atoms with Crippen LogP contribution < -0.4 is 5.32 Å². The summed E-state index contributed by atoms with van der Waals surface area (Å²) < 4.78 is 4.01. The van der Waals surface area contributed by atoms with Gasteiger partial charge in [0.2, 0.25) is 0 Å². The Bertz CT molecular complexity index is 211. The molecule has 74 valence electrons. The third-order valence-electron chi connectivity index (χ3n) is 1.77. The molecular weight excluding hydrogens is 184 g/mol. The molecule has 0 aliphatic heterocycles. The second-order valence-corrected chi connectivity index (χ2v) is 4.06. The minimum absolute atomic E-state index is 0.176. The van der Waals surface area contributed by atoms with Gasteiger partial charge in [0.25, 0.3) is 0 Å². The van der Waals surface area contributed by atoms with Gasteiger partial charge in [-0.05, 0) is 43.9 Å². The van der Waals surface area contributed by atoms with E-state index in [0.29, 0.717) is 0 Å². The number of hydrogen-bond donors (Lipinski definition) is 2. The lowest BCUT2D eigenvalue weighted by Gasteiger charge is -2.04. The monoisotopic (exact) mass is 200 g/mol. The van der Waals surface area contributed by atoms with Gasteiger partial charge in [-0.25, -0.2) is 4.37 Å². The number of nitrogens with zero attached hydrogens (tertiary/aromatic N) is 1. The first-order valence-electron chi connectivity index (χ1n) is 4.57. The van der Waals surface area contributed by atoms with E-state index >= 15 is 0 Å². The standard InChI is InChI=1S/C9H16N2OS/c1-8(12)3-2-5-10-7-9-4-6-11-13-9/h4,6,8,10,12H,2-3,5,7H2,1H3. The average molecular weight is 200 g/mol. The maximum Gasteiger partial charge on any atom is 0.0512 e. The summed E-state index contributed by atoms with van der Waals surface area (Å²) in [5.41, 5.74) is 0. The maximum atomic E-state index is 9.00. The van der Waals surface area contributed by atoms with E-state index in [1.165, 1.54) is 16.4 Å². The number of nitrogens with one attached hydrogen (secondary N) is 1. The van der Waals surface area contributed by atoms with E-state index in [-0.39, 0.29) is 6.10 Å². The summed E-state index contributed by atoms with van der Waals surface area (Å²) in [6, 6.07) is 2.02. The fraction of sp³-hybridized carbons (Fsp3) is 0.667. The van der Waals surface area contributed by atoms with Crippen LogP contribution in [-0.4, -0.2) is 22.1 Å². The fourth-order valence-corrected chi connectivity index (χ4v) is 1.61. The molecule has 13 heavy (non-hydrogen) atoms. The molecule has 0 aliphatic rings. The van der Waals surface area contributed by atoms with E-state index < -0.39 is 0 Å². The smallest absolute Gasteiger partial charge is 0.0512 e. The van der Waals surface area contributed by atoms with Gasteiger partial charge in [-0.1, -0.05) is 0 Å². The molecule has 0 radical (unpaired) electrons. The lowest BCUT2D eigenvalue weighted by Crippen LogP contribution is -2.15. The molecule has 3 nitrogen and oxygen atoms in total. The Hall–Kier alpha value is -0.450. The van der Waals surface area contributed by atoms with Gasteiger partial charge in [-0.2, -0.15) is 0 Å². The molecule has 0 aromatic carbocycles. The summed E-state index contributed by atoms with van der Waals surface area (Å²) in [6.07, 6.45) is 3.54. The SMILES string of the molecule is CC(O)CCCNCc1ccns1. The minimum atomic E-state index is -0.176. The van der Waals surface area contributed by atoms with Crippen molar-refractivity contribution >= 4 is 11.5 Å². The van der Waals surface area contributed by atoms with Crippen molar-refractivity contribution < 1.29 is 5.11 Å². The van der Waals surface area contributed by atoms with Gasteiger partial charge < -0.3 is 10.4 Å². The van der Waals surface area contributed by atoms with Crippen molar-refractivity contribution in [2.75, 3.05) is 6.54 Å². The third kappa shape index (κ3) is 4.98. The van der Waals surface area contributed by atoms with E-state index in [1.54, 1.807) is 0 Å². The van der Waals surface area contributed by atoms with E-state index in [9.17, 15) is 0 Å². The summed E-state index contributed by atoms with van der Waals surface area (Å²) in [6.45, 7) is 3.68. The normalized spacial score (nSPS) is 13.1. The zero-order valence-electron chi connectivity index (χ0n) is 7.86. The molecular formula is C9H16N2OS. The highest BCUT2D eigenvalue weighted by molar-refractivity contribution is 7.05. The van der Waals surface area contributed by atoms with Gasteiger partial charge in [0.05, 0.1) is 6.10 Å². The van der Waals surface area contributed by atoms with Gasteiger partial charge in [-0.3, -0.25) is 0 Å². The number of aliphatic hydroxyl groups excluding tert-OH is 1. The topological polar surface area (TPSA) is 45.1 Å². The maximum absolute atomic E-state index is 9.00. The van der Waals surface area contributed by atoms with Gasteiger partial charge in [0, 0.05) is 17.6 Å². The third-order valence-corrected chi connectivity index (χ3v) is 2.51. The van der Waals surface area contributed by atoms with Gasteiger partial charge in [-0.15, -0.1) is 0 Å². The highest BCUT2D eigenvalue weighted by atomic mass is 32.1. The highest BCUT2D eigenvalue weighted by Gasteiger charge is 1.96. The molecule has 1 aromatic heterocycles. The second kappa shape index (κ2) is 6.07. The van der Waals surface area contributed by atoms with Gasteiger partial charge in [0.15, 0.2) is 0 Å². The number of rotatable bonds is 6. The molecule has 1 atom stereocenters. The molecule has 0 saturated carbocycles. The molecule has 0 fully saturated rings. The first-order chi connectivity index (χ1) is 6.29. The van der Waals surface area contributed by atoms with Crippen LogP contribution in [-0.2, 0) is 6.54 Å². The molecule has 0 bridgehead atoms. The summed E-state index contributed by atoms with van der Waals surface area (Å²) in [4.78, 5) is 1.26. The van der Waals surface area contributed by atoms with Crippen molar-refractivity contribution in [1.29, 1.82) is 0 Å². The Morgan fingerprint density at radius 1 is 1.69 bits per heavy atom. The molecule has 2 N–H and O–H groups in total. The van der Waals surface area contributed by atoms with Crippen LogP contribution in [0.4, 0.5) is 0 Å². The lowest BCUT2D eigenvalue weighted by atomic mass is 10.2. The van der Waals surface area contributed by atoms with Crippen molar-refractivity contribution in [3.05, 3.63) is 17.1 Å².